The van der Waals surface area contributed by atoms with Gasteiger partial charge in [-0.3, -0.25) is 0 Å². The number of fused-ring (bicyclic) bond motifs is 1. The Labute approximate surface area is 155 Å². The molecule has 4 rings (SSSR count). The first kappa shape index (κ1) is 17.2. The average molecular weight is 367 g/mol. The average Bonchev–Trinajstić information content (AvgIpc) is 2.71. The normalized spacial score (nSPS) is 14.8. The van der Waals surface area contributed by atoms with Crippen LogP contribution >= 0.6 is 0 Å². The number of ether oxygens (including phenoxy) is 1. The van der Waals surface area contributed by atoms with Crippen LogP contribution in [0.1, 0.15) is 5.56 Å². The van der Waals surface area contributed by atoms with E-state index in [2.05, 4.69) is 20.5 Å². The zero-order valence-corrected chi connectivity index (χ0v) is 14.5. The topological polar surface area (TPSA) is 82.9 Å². The van der Waals surface area contributed by atoms with Crippen LogP contribution < -0.4 is 10.3 Å². The van der Waals surface area contributed by atoms with Crippen molar-refractivity contribution in [3.05, 3.63) is 54.0 Å². The Morgan fingerprint density at radius 3 is 2.85 bits per heavy atom. The molecule has 1 aliphatic rings. The Morgan fingerprint density at radius 1 is 1.19 bits per heavy atom. The van der Waals surface area contributed by atoms with Gasteiger partial charge in [0.2, 0.25) is 5.95 Å². The van der Waals surface area contributed by atoms with Gasteiger partial charge in [-0.05, 0) is 16.8 Å². The number of anilines is 2. The highest BCUT2D eigenvalue weighted by molar-refractivity contribution is 6.02. The first-order valence-corrected chi connectivity index (χ1v) is 8.57. The van der Waals surface area contributed by atoms with Crippen molar-refractivity contribution in [1.29, 1.82) is 0 Å². The lowest BCUT2D eigenvalue weighted by molar-refractivity contribution is 0.122. The van der Waals surface area contributed by atoms with Crippen LogP contribution in [0.5, 0.6) is 5.75 Å². The zero-order valence-electron chi connectivity index (χ0n) is 14.5. The first-order chi connectivity index (χ1) is 13.2. The molecule has 1 saturated heterocycles. The van der Waals surface area contributed by atoms with Gasteiger partial charge in [-0.25, -0.2) is 14.8 Å². The van der Waals surface area contributed by atoms with E-state index in [1.54, 1.807) is 6.07 Å². The van der Waals surface area contributed by atoms with E-state index >= 15 is 0 Å². The molecule has 0 amide bonds. The van der Waals surface area contributed by atoms with Crippen molar-refractivity contribution >= 4 is 28.8 Å². The molecule has 1 fully saturated rings. The zero-order chi connectivity index (χ0) is 18.6. The van der Waals surface area contributed by atoms with E-state index in [4.69, 9.17) is 4.74 Å². The second kappa shape index (κ2) is 7.55. The molecule has 2 aromatic carbocycles. The van der Waals surface area contributed by atoms with Crippen LogP contribution in [-0.4, -0.2) is 47.6 Å². The highest BCUT2D eigenvalue weighted by Gasteiger charge is 2.17. The summed E-state index contributed by atoms with van der Waals surface area (Å²) in [4.78, 5) is 9.94. The molecule has 3 aromatic rings. The maximum absolute atomic E-state index is 14.1. The van der Waals surface area contributed by atoms with Gasteiger partial charge in [0.25, 0.3) is 0 Å². The van der Waals surface area contributed by atoms with E-state index in [-0.39, 0.29) is 17.5 Å². The fourth-order valence-corrected chi connectivity index (χ4v) is 2.98. The molecular formula is C19H18FN5O2. The molecule has 27 heavy (non-hydrogen) atoms. The molecule has 2 N–H and O–H groups in total. The van der Waals surface area contributed by atoms with E-state index in [9.17, 15) is 9.50 Å². The molecule has 0 bridgehead atoms. The van der Waals surface area contributed by atoms with Crippen LogP contribution in [-0.2, 0) is 4.74 Å². The van der Waals surface area contributed by atoms with Crippen molar-refractivity contribution in [3.63, 3.8) is 0 Å². The molecule has 7 nitrogen and oxygen atoms in total. The van der Waals surface area contributed by atoms with Crippen LogP contribution in [0.25, 0.3) is 10.8 Å². The number of hydrazone groups is 1. The predicted octanol–water partition coefficient (Wildman–Crippen LogP) is 2.76. The summed E-state index contributed by atoms with van der Waals surface area (Å²) in [5, 5.41) is 16.1. The highest BCUT2D eigenvalue weighted by atomic mass is 19.1. The van der Waals surface area contributed by atoms with Crippen LogP contribution in [0.4, 0.5) is 16.2 Å². The third kappa shape index (κ3) is 3.65. The molecule has 0 unspecified atom stereocenters. The lowest BCUT2D eigenvalue weighted by Gasteiger charge is -2.27. The monoisotopic (exact) mass is 367 g/mol. The number of halogens is 1. The van der Waals surface area contributed by atoms with Crippen molar-refractivity contribution in [2.24, 2.45) is 5.10 Å². The van der Waals surface area contributed by atoms with E-state index in [0.717, 1.165) is 17.0 Å². The van der Waals surface area contributed by atoms with Crippen LogP contribution in [0.15, 0.2) is 47.7 Å². The number of aromatic nitrogens is 2. The summed E-state index contributed by atoms with van der Waals surface area (Å²) in [6.45, 7) is 2.20. The largest absolute Gasteiger partial charge is 0.507 e. The molecule has 2 heterocycles. The van der Waals surface area contributed by atoms with Crippen LogP contribution in [0.2, 0.25) is 0 Å². The minimum Gasteiger partial charge on any atom is -0.507 e. The smallest absolute Gasteiger partial charge is 0.245 e. The summed E-state index contributed by atoms with van der Waals surface area (Å²) in [5.74, 6) is 0.0271. The van der Waals surface area contributed by atoms with Gasteiger partial charge >= 0.3 is 0 Å². The lowest BCUT2D eigenvalue weighted by Crippen LogP contribution is -2.37. The Kier molecular flexibility index (Phi) is 4.80. The number of rotatable bonds is 4. The molecule has 0 radical (unpaired) electrons. The fourth-order valence-electron chi connectivity index (χ4n) is 2.98. The lowest BCUT2D eigenvalue weighted by atomic mass is 10.0. The van der Waals surface area contributed by atoms with Gasteiger partial charge in [0.1, 0.15) is 5.75 Å². The Balaban J connectivity index is 1.56. The number of morpholine rings is 1. The summed E-state index contributed by atoms with van der Waals surface area (Å²) >= 11 is 0. The van der Waals surface area contributed by atoms with Crippen molar-refractivity contribution in [1.82, 2.24) is 9.97 Å². The van der Waals surface area contributed by atoms with E-state index in [1.165, 1.54) is 6.21 Å². The number of phenolic OH excluding ortho intramolecular Hbond substituents is 1. The van der Waals surface area contributed by atoms with Crippen molar-refractivity contribution in [3.8, 4) is 5.75 Å². The number of benzene rings is 2. The maximum atomic E-state index is 14.1. The number of hydrogen-bond acceptors (Lipinski definition) is 7. The molecule has 8 heteroatoms. The number of hydrogen-bond donors (Lipinski definition) is 2. The Hall–Kier alpha value is -3.26. The standard InChI is InChI=1S/C19H18FN5O2/c20-16-12-21-19(23-18(16)25-7-9-27-10-8-25)24-22-11-15-14-4-2-1-3-13(14)5-6-17(15)26/h1-6,11-12,26H,7-10H2,(H,21,23,24)/b22-11-. The quantitative estimate of drug-likeness (QED) is 0.545. The second-order valence-electron chi connectivity index (χ2n) is 6.05. The summed E-state index contributed by atoms with van der Waals surface area (Å²) in [5.41, 5.74) is 3.28. The van der Waals surface area contributed by atoms with Gasteiger partial charge in [-0.1, -0.05) is 30.3 Å². The SMILES string of the molecule is Oc1ccc2ccccc2c1/C=N\Nc1ncc(F)c(N2CCOCC2)n1. The number of nitrogens with one attached hydrogen (secondary N) is 1. The van der Waals surface area contributed by atoms with Crippen LogP contribution in [0, 0.1) is 5.82 Å². The Morgan fingerprint density at radius 2 is 2.00 bits per heavy atom. The van der Waals surface area contributed by atoms with Crippen molar-refractivity contribution in [2.45, 2.75) is 0 Å². The number of nitrogens with zero attached hydrogens (tertiary/aromatic N) is 4. The molecule has 138 valence electrons. The third-order valence-electron chi connectivity index (χ3n) is 4.34. The number of aromatic hydroxyl groups is 1. The summed E-state index contributed by atoms with van der Waals surface area (Å²) in [6.07, 6.45) is 2.61. The Bertz CT molecular complexity index is 989. The molecule has 0 saturated carbocycles. The van der Waals surface area contributed by atoms with Gasteiger partial charge in [-0.15, -0.1) is 0 Å². The van der Waals surface area contributed by atoms with Gasteiger partial charge in [0.05, 0.1) is 25.6 Å². The maximum Gasteiger partial charge on any atom is 0.245 e. The van der Waals surface area contributed by atoms with Crippen molar-refractivity contribution < 1.29 is 14.2 Å². The van der Waals surface area contributed by atoms with Gasteiger partial charge in [0.15, 0.2) is 11.6 Å². The molecular weight excluding hydrogens is 349 g/mol. The molecule has 0 spiro atoms. The summed E-state index contributed by atoms with van der Waals surface area (Å²) in [6, 6.07) is 11.1. The third-order valence-corrected chi connectivity index (χ3v) is 4.34. The minimum atomic E-state index is -0.488. The highest BCUT2D eigenvalue weighted by Crippen LogP contribution is 2.25. The minimum absolute atomic E-state index is 0.119. The summed E-state index contributed by atoms with van der Waals surface area (Å²) < 4.78 is 19.3. The molecule has 1 aliphatic heterocycles. The second-order valence-corrected chi connectivity index (χ2v) is 6.05. The van der Waals surface area contributed by atoms with Gasteiger partial charge < -0.3 is 14.7 Å². The van der Waals surface area contributed by atoms with Crippen molar-refractivity contribution in [2.75, 3.05) is 36.6 Å². The first-order valence-electron chi connectivity index (χ1n) is 8.57. The van der Waals surface area contributed by atoms with Gasteiger partial charge in [-0.2, -0.15) is 10.1 Å². The number of phenols is 1. The predicted molar refractivity (Wildman–Crippen MR) is 102 cm³/mol. The van der Waals surface area contributed by atoms with Gasteiger partial charge in [0, 0.05) is 18.7 Å². The van der Waals surface area contributed by atoms with E-state index in [0.29, 0.717) is 31.9 Å². The molecule has 1 aromatic heterocycles. The van der Waals surface area contributed by atoms with Crippen LogP contribution in [0.3, 0.4) is 0 Å². The molecule has 0 aliphatic carbocycles. The molecule has 0 atom stereocenters. The fraction of sp³-hybridized carbons (Fsp3) is 0.211. The van der Waals surface area contributed by atoms with E-state index in [1.807, 2.05) is 35.2 Å². The summed E-state index contributed by atoms with van der Waals surface area (Å²) in [7, 11) is 0. The van der Waals surface area contributed by atoms with E-state index < -0.39 is 5.82 Å².